The van der Waals surface area contributed by atoms with Gasteiger partial charge in [0.2, 0.25) is 5.91 Å². The number of hydrogen-bond acceptors (Lipinski definition) is 3. The van der Waals surface area contributed by atoms with E-state index in [4.69, 9.17) is 4.74 Å². The van der Waals surface area contributed by atoms with Gasteiger partial charge in [0.25, 0.3) is 0 Å². The SMILES string of the molecule is CNC(=O)CN(C)C[C@H]1CC2=C(O1)c1cc(F)ccc1Cc1ccccc12. The number of fused-ring (bicyclic) bond motifs is 4. The van der Waals surface area contributed by atoms with Crippen LogP contribution in [0.25, 0.3) is 11.3 Å². The van der Waals surface area contributed by atoms with Crippen molar-refractivity contribution in [1.82, 2.24) is 10.2 Å². The Morgan fingerprint density at radius 3 is 2.81 bits per heavy atom. The number of carbonyl (C=O) groups is 1. The van der Waals surface area contributed by atoms with Gasteiger partial charge in [-0.25, -0.2) is 4.39 Å². The van der Waals surface area contributed by atoms with Gasteiger partial charge >= 0.3 is 0 Å². The first-order valence-electron chi connectivity index (χ1n) is 9.21. The molecular weight excluding hydrogens is 343 g/mol. The number of rotatable bonds is 4. The quantitative estimate of drug-likeness (QED) is 0.904. The number of ether oxygens (including phenoxy) is 1. The van der Waals surface area contributed by atoms with E-state index in [-0.39, 0.29) is 17.8 Å². The maximum absolute atomic E-state index is 14.0. The molecule has 1 heterocycles. The molecule has 1 aliphatic heterocycles. The van der Waals surface area contributed by atoms with Crippen molar-refractivity contribution < 1.29 is 13.9 Å². The van der Waals surface area contributed by atoms with Crippen molar-refractivity contribution in [3.63, 3.8) is 0 Å². The molecule has 4 rings (SSSR count). The van der Waals surface area contributed by atoms with E-state index in [2.05, 4.69) is 17.4 Å². The predicted octanol–water partition coefficient (Wildman–Crippen LogP) is 3.06. The van der Waals surface area contributed by atoms with Gasteiger partial charge in [0.15, 0.2) is 0 Å². The Bertz CT molecular complexity index is 922. The third kappa shape index (κ3) is 3.47. The highest BCUT2D eigenvalue weighted by Gasteiger charge is 2.33. The summed E-state index contributed by atoms with van der Waals surface area (Å²) in [4.78, 5) is 13.6. The fourth-order valence-electron chi connectivity index (χ4n) is 3.98. The van der Waals surface area contributed by atoms with Crippen LogP contribution in [0.1, 0.15) is 28.7 Å². The smallest absolute Gasteiger partial charge is 0.233 e. The van der Waals surface area contributed by atoms with Crippen molar-refractivity contribution >= 4 is 17.2 Å². The molecule has 5 heteroatoms. The maximum Gasteiger partial charge on any atom is 0.233 e. The van der Waals surface area contributed by atoms with Gasteiger partial charge in [-0.15, -0.1) is 0 Å². The van der Waals surface area contributed by atoms with Crippen molar-refractivity contribution in [3.8, 4) is 0 Å². The number of amides is 1. The van der Waals surface area contributed by atoms with E-state index in [1.165, 1.54) is 17.2 Å². The fraction of sp³-hybridized carbons (Fsp3) is 0.318. The summed E-state index contributed by atoms with van der Waals surface area (Å²) in [5.41, 5.74) is 5.47. The first kappa shape index (κ1) is 17.7. The molecule has 0 fully saturated rings. The summed E-state index contributed by atoms with van der Waals surface area (Å²) in [6, 6.07) is 13.3. The molecular formula is C22H23FN2O2. The number of nitrogens with zero attached hydrogens (tertiary/aromatic N) is 1. The highest BCUT2D eigenvalue weighted by molar-refractivity contribution is 5.93. The molecule has 4 nitrogen and oxygen atoms in total. The van der Waals surface area contributed by atoms with Crippen LogP contribution < -0.4 is 5.32 Å². The Kier molecular flexibility index (Phi) is 4.70. The van der Waals surface area contributed by atoms with Gasteiger partial charge < -0.3 is 10.1 Å². The first-order chi connectivity index (χ1) is 13.0. The summed E-state index contributed by atoms with van der Waals surface area (Å²) < 4.78 is 20.3. The molecule has 0 saturated carbocycles. The second-order valence-electron chi connectivity index (χ2n) is 7.26. The molecule has 1 aliphatic carbocycles. The molecule has 2 aromatic rings. The van der Waals surface area contributed by atoms with E-state index < -0.39 is 0 Å². The van der Waals surface area contributed by atoms with Gasteiger partial charge in [0, 0.05) is 31.1 Å². The van der Waals surface area contributed by atoms with E-state index in [0.29, 0.717) is 13.1 Å². The zero-order valence-electron chi connectivity index (χ0n) is 15.6. The van der Waals surface area contributed by atoms with Crippen molar-refractivity contribution in [1.29, 1.82) is 0 Å². The average Bonchev–Trinajstić information content (AvgIpc) is 3.01. The van der Waals surface area contributed by atoms with Crippen LogP contribution in [0.5, 0.6) is 0 Å². The lowest BCUT2D eigenvalue weighted by molar-refractivity contribution is -0.121. The Hall–Kier alpha value is -2.66. The lowest BCUT2D eigenvalue weighted by Gasteiger charge is -2.21. The molecule has 27 heavy (non-hydrogen) atoms. The molecule has 0 bridgehead atoms. The van der Waals surface area contributed by atoms with Crippen molar-refractivity contribution in [2.45, 2.75) is 18.9 Å². The fourth-order valence-corrected chi connectivity index (χ4v) is 3.98. The summed E-state index contributed by atoms with van der Waals surface area (Å²) in [6.45, 7) is 0.954. The Morgan fingerprint density at radius 2 is 2.00 bits per heavy atom. The van der Waals surface area contributed by atoms with E-state index in [1.54, 1.807) is 13.1 Å². The number of benzene rings is 2. The number of hydrogen-bond donors (Lipinski definition) is 1. The van der Waals surface area contributed by atoms with Gasteiger partial charge in [-0.1, -0.05) is 30.3 Å². The average molecular weight is 366 g/mol. The van der Waals surface area contributed by atoms with E-state index >= 15 is 0 Å². The molecule has 0 unspecified atom stereocenters. The Labute approximate surface area is 158 Å². The van der Waals surface area contributed by atoms with Gasteiger partial charge in [-0.05, 0) is 42.3 Å². The lowest BCUT2D eigenvalue weighted by atomic mass is 9.95. The standard InChI is InChI=1S/C22H23FN2O2/c1-24-21(26)13-25(2)12-17-11-20-18-6-4-3-5-14(18)9-15-7-8-16(23)10-19(15)22(20)27-17/h3-8,10,17H,9,11-13H2,1-2H3,(H,24,26)/t17-/m1/s1. The van der Waals surface area contributed by atoms with Gasteiger partial charge in [0.05, 0.1) is 6.54 Å². The van der Waals surface area contributed by atoms with Gasteiger partial charge in [0.1, 0.15) is 17.7 Å². The summed E-state index contributed by atoms with van der Waals surface area (Å²) in [6.07, 6.45) is 1.45. The number of nitrogens with one attached hydrogen (secondary N) is 1. The minimum absolute atomic E-state index is 0.0252. The Balaban J connectivity index is 1.66. The number of likely N-dealkylation sites (N-methyl/N-ethyl adjacent to an activating group) is 2. The van der Waals surface area contributed by atoms with Crippen molar-refractivity contribution in [3.05, 3.63) is 70.5 Å². The highest BCUT2D eigenvalue weighted by atomic mass is 19.1. The molecule has 2 aromatic carbocycles. The minimum Gasteiger partial charge on any atom is -0.488 e. The third-order valence-corrected chi connectivity index (χ3v) is 5.24. The third-order valence-electron chi connectivity index (χ3n) is 5.24. The van der Waals surface area contributed by atoms with Crippen LogP contribution >= 0.6 is 0 Å². The molecule has 1 N–H and O–H groups in total. The van der Waals surface area contributed by atoms with Crippen molar-refractivity contribution in [2.75, 3.05) is 27.2 Å². The lowest BCUT2D eigenvalue weighted by Crippen LogP contribution is -2.37. The summed E-state index contributed by atoms with van der Waals surface area (Å²) in [5.74, 6) is 0.505. The molecule has 2 aliphatic rings. The van der Waals surface area contributed by atoms with Crippen LogP contribution in [0.4, 0.5) is 4.39 Å². The molecule has 1 atom stereocenters. The second kappa shape index (κ2) is 7.16. The normalized spacial score (nSPS) is 17.7. The van der Waals surface area contributed by atoms with Crippen molar-refractivity contribution in [2.24, 2.45) is 0 Å². The number of carbonyl (C=O) groups excluding carboxylic acids is 1. The van der Waals surface area contributed by atoms with Crippen LogP contribution in [0, 0.1) is 5.82 Å². The zero-order chi connectivity index (χ0) is 19.0. The zero-order valence-corrected chi connectivity index (χ0v) is 15.6. The second-order valence-corrected chi connectivity index (χ2v) is 7.26. The van der Waals surface area contributed by atoms with Gasteiger partial charge in [-0.3, -0.25) is 9.69 Å². The molecule has 0 radical (unpaired) electrons. The van der Waals surface area contributed by atoms with Crippen LogP contribution in [0.15, 0.2) is 42.5 Å². The predicted molar refractivity (Wildman–Crippen MR) is 104 cm³/mol. The summed E-state index contributed by atoms with van der Waals surface area (Å²) in [5, 5.41) is 2.64. The molecule has 0 saturated heterocycles. The highest BCUT2D eigenvalue weighted by Crippen LogP contribution is 2.44. The molecule has 1 amide bonds. The topological polar surface area (TPSA) is 41.6 Å². The molecule has 0 spiro atoms. The van der Waals surface area contributed by atoms with Crippen LogP contribution in [0.3, 0.4) is 0 Å². The number of halogens is 1. The van der Waals surface area contributed by atoms with Crippen LogP contribution in [-0.4, -0.2) is 44.1 Å². The van der Waals surface area contributed by atoms with E-state index in [1.807, 2.05) is 30.1 Å². The molecule has 0 aromatic heterocycles. The maximum atomic E-state index is 14.0. The minimum atomic E-state index is -0.254. The monoisotopic (exact) mass is 366 g/mol. The molecule has 140 valence electrons. The first-order valence-corrected chi connectivity index (χ1v) is 9.21. The van der Waals surface area contributed by atoms with E-state index in [0.717, 1.165) is 35.3 Å². The summed E-state index contributed by atoms with van der Waals surface area (Å²) in [7, 11) is 3.54. The summed E-state index contributed by atoms with van der Waals surface area (Å²) >= 11 is 0. The van der Waals surface area contributed by atoms with Crippen LogP contribution in [-0.2, 0) is 16.0 Å². The Morgan fingerprint density at radius 1 is 1.22 bits per heavy atom. The van der Waals surface area contributed by atoms with Gasteiger partial charge in [-0.2, -0.15) is 0 Å². The van der Waals surface area contributed by atoms with Crippen LogP contribution in [0.2, 0.25) is 0 Å². The largest absolute Gasteiger partial charge is 0.488 e. The van der Waals surface area contributed by atoms with E-state index in [9.17, 15) is 9.18 Å².